The van der Waals surface area contributed by atoms with Gasteiger partial charge in [0, 0.05) is 5.69 Å². The molecule has 84 valence electrons. The number of nitrogen functional groups attached to an aromatic ring is 1. The van der Waals surface area contributed by atoms with E-state index in [1.807, 2.05) is 18.2 Å². The molecule has 4 N–H and O–H groups in total. The van der Waals surface area contributed by atoms with Crippen LogP contribution in [0.15, 0.2) is 35.1 Å². The first kappa shape index (κ1) is 10.7. The van der Waals surface area contributed by atoms with Gasteiger partial charge in [-0.3, -0.25) is 9.78 Å². The number of nitrogens with one attached hydrogen (secondary N) is 2. The van der Waals surface area contributed by atoms with Gasteiger partial charge in [-0.2, -0.15) is 10.2 Å². The predicted molar refractivity (Wildman–Crippen MR) is 63.7 cm³/mol. The van der Waals surface area contributed by atoms with Gasteiger partial charge >= 0.3 is 0 Å². The molecule has 6 heteroatoms. The molecule has 0 amide bonds. The summed E-state index contributed by atoms with van der Waals surface area (Å²) in [4.78, 5) is 17.6. The first-order chi connectivity index (χ1) is 8.20. The molecular formula is C11H9N5O. The molecule has 0 atom stereocenters. The van der Waals surface area contributed by atoms with Crippen LogP contribution >= 0.6 is 0 Å². The molecule has 0 saturated heterocycles. The molecule has 2 rings (SSSR count). The van der Waals surface area contributed by atoms with Crippen molar-refractivity contribution in [3.8, 4) is 6.07 Å². The van der Waals surface area contributed by atoms with Crippen LogP contribution in [-0.2, 0) is 0 Å². The molecule has 0 aliphatic carbocycles. The van der Waals surface area contributed by atoms with E-state index in [1.54, 1.807) is 18.2 Å². The Bertz CT molecular complexity index is 627. The number of nitriles is 1. The summed E-state index contributed by atoms with van der Waals surface area (Å²) in [6.45, 7) is 0. The Morgan fingerprint density at radius 1 is 1.35 bits per heavy atom. The fourth-order valence-electron chi connectivity index (χ4n) is 1.34. The van der Waals surface area contributed by atoms with Gasteiger partial charge in [0.05, 0.1) is 0 Å². The third kappa shape index (κ3) is 2.23. The molecule has 0 unspecified atom stereocenters. The molecular weight excluding hydrogens is 218 g/mol. The van der Waals surface area contributed by atoms with Crippen molar-refractivity contribution in [2.45, 2.75) is 0 Å². The van der Waals surface area contributed by atoms with Crippen LogP contribution in [-0.4, -0.2) is 9.97 Å². The number of anilines is 3. The van der Waals surface area contributed by atoms with Crippen LogP contribution in [0.3, 0.4) is 0 Å². The highest BCUT2D eigenvalue weighted by Crippen LogP contribution is 2.15. The second kappa shape index (κ2) is 4.37. The number of nitrogens with zero attached hydrogens (tertiary/aromatic N) is 2. The summed E-state index contributed by atoms with van der Waals surface area (Å²) < 4.78 is 0. The van der Waals surface area contributed by atoms with E-state index in [2.05, 4.69) is 15.3 Å². The van der Waals surface area contributed by atoms with Crippen molar-refractivity contribution in [3.05, 3.63) is 46.2 Å². The summed E-state index contributed by atoms with van der Waals surface area (Å²) in [6.07, 6.45) is 0. The van der Waals surface area contributed by atoms with E-state index < -0.39 is 5.56 Å². The Hall–Kier alpha value is -2.81. The predicted octanol–water partition coefficient (Wildman–Crippen LogP) is 0.967. The SMILES string of the molecule is N#Cc1c(Nc2ccccc2)nc(N)[nH]c1=O. The first-order valence-corrected chi connectivity index (χ1v) is 4.82. The zero-order chi connectivity index (χ0) is 12.3. The van der Waals surface area contributed by atoms with Crippen molar-refractivity contribution in [2.24, 2.45) is 0 Å². The molecule has 0 aliphatic rings. The Morgan fingerprint density at radius 3 is 2.71 bits per heavy atom. The number of aromatic nitrogens is 2. The number of para-hydroxylation sites is 1. The van der Waals surface area contributed by atoms with Gasteiger partial charge < -0.3 is 11.1 Å². The van der Waals surface area contributed by atoms with Crippen molar-refractivity contribution in [3.63, 3.8) is 0 Å². The molecule has 0 radical (unpaired) electrons. The van der Waals surface area contributed by atoms with Crippen molar-refractivity contribution < 1.29 is 0 Å². The number of rotatable bonds is 2. The van der Waals surface area contributed by atoms with Gasteiger partial charge in [0.15, 0.2) is 11.4 Å². The molecule has 0 fully saturated rings. The topological polar surface area (TPSA) is 108 Å². The van der Waals surface area contributed by atoms with Crippen LogP contribution in [0.25, 0.3) is 0 Å². The summed E-state index contributed by atoms with van der Waals surface area (Å²) >= 11 is 0. The van der Waals surface area contributed by atoms with E-state index in [-0.39, 0.29) is 17.3 Å². The summed E-state index contributed by atoms with van der Waals surface area (Å²) in [5.74, 6) is 0.118. The van der Waals surface area contributed by atoms with E-state index in [0.717, 1.165) is 5.69 Å². The Labute approximate surface area is 96.7 Å². The van der Waals surface area contributed by atoms with Gasteiger partial charge in [-0.05, 0) is 12.1 Å². The van der Waals surface area contributed by atoms with Crippen LogP contribution in [0.1, 0.15) is 5.56 Å². The van der Waals surface area contributed by atoms with E-state index in [1.165, 1.54) is 0 Å². The second-order valence-electron chi connectivity index (χ2n) is 3.28. The second-order valence-corrected chi connectivity index (χ2v) is 3.28. The Kier molecular flexibility index (Phi) is 2.75. The minimum absolute atomic E-state index is 0.0348. The van der Waals surface area contributed by atoms with Crippen LogP contribution in [0, 0.1) is 11.3 Å². The van der Waals surface area contributed by atoms with Gasteiger partial charge in [0.1, 0.15) is 6.07 Å². The largest absolute Gasteiger partial charge is 0.369 e. The molecule has 6 nitrogen and oxygen atoms in total. The summed E-state index contributed by atoms with van der Waals surface area (Å²) in [5, 5.41) is 11.7. The number of H-pyrrole nitrogens is 1. The highest BCUT2D eigenvalue weighted by atomic mass is 16.1. The molecule has 0 spiro atoms. The first-order valence-electron chi connectivity index (χ1n) is 4.82. The standard InChI is InChI=1S/C11H9N5O/c12-6-8-9(15-11(13)16-10(8)17)14-7-4-2-1-3-5-7/h1-5H,(H4,13,14,15,16,17). The Morgan fingerprint density at radius 2 is 2.06 bits per heavy atom. The minimum atomic E-state index is -0.557. The summed E-state index contributed by atoms with van der Waals surface area (Å²) in [5.41, 5.74) is 5.49. The molecule has 17 heavy (non-hydrogen) atoms. The van der Waals surface area contributed by atoms with E-state index >= 15 is 0 Å². The lowest BCUT2D eigenvalue weighted by Crippen LogP contribution is -2.17. The quantitative estimate of drug-likeness (QED) is 0.708. The third-order valence-electron chi connectivity index (χ3n) is 2.09. The lowest BCUT2D eigenvalue weighted by molar-refractivity contribution is 1.12. The van der Waals surface area contributed by atoms with Crippen molar-refractivity contribution in [2.75, 3.05) is 11.1 Å². The number of benzene rings is 1. The Balaban J connectivity index is 2.46. The van der Waals surface area contributed by atoms with Gasteiger partial charge in [-0.1, -0.05) is 18.2 Å². The molecule has 0 bridgehead atoms. The van der Waals surface area contributed by atoms with Crippen molar-refractivity contribution >= 4 is 17.5 Å². The number of hydrogen-bond donors (Lipinski definition) is 3. The van der Waals surface area contributed by atoms with Crippen LogP contribution in [0.2, 0.25) is 0 Å². The molecule has 0 aliphatic heterocycles. The maximum absolute atomic E-state index is 11.4. The maximum atomic E-state index is 11.4. The number of nitrogens with two attached hydrogens (primary N) is 1. The maximum Gasteiger partial charge on any atom is 0.272 e. The highest BCUT2D eigenvalue weighted by Gasteiger charge is 2.09. The van der Waals surface area contributed by atoms with Crippen molar-refractivity contribution in [1.82, 2.24) is 9.97 Å². The normalized spacial score (nSPS) is 9.59. The summed E-state index contributed by atoms with van der Waals surface area (Å²) in [6, 6.07) is 10.9. The van der Waals surface area contributed by atoms with E-state index in [0.29, 0.717) is 0 Å². The van der Waals surface area contributed by atoms with Gasteiger partial charge in [0.2, 0.25) is 5.95 Å². The third-order valence-corrected chi connectivity index (χ3v) is 2.09. The average molecular weight is 227 g/mol. The number of hydrogen-bond acceptors (Lipinski definition) is 5. The van der Waals surface area contributed by atoms with Crippen LogP contribution in [0.4, 0.5) is 17.5 Å². The fraction of sp³-hybridized carbons (Fsp3) is 0. The average Bonchev–Trinajstić information content (AvgIpc) is 2.30. The lowest BCUT2D eigenvalue weighted by atomic mass is 10.3. The van der Waals surface area contributed by atoms with Crippen LogP contribution < -0.4 is 16.6 Å². The van der Waals surface area contributed by atoms with E-state index in [9.17, 15) is 4.79 Å². The number of aromatic amines is 1. The molecule has 2 aromatic rings. The smallest absolute Gasteiger partial charge is 0.272 e. The highest BCUT2D eigenvalue weighted by molar-refractivity contribution is 5.62. The molecule has 1 heterocycles. The minimum Gasteiger partial charge on any atom is -0.369 e. The molecule has 1 aromatic carbocycles. The van der Waals surface area contributed by atoms with Gasteiger partial charge in [0.25, 0.3) is 5.56 Å². The monoisotopic (exact) mass is 227 g/mol. The van der Waals surface area contributed by atoms with Gasteiger partial charge in [-0.15, -0.1) is 0 Å². The van der Waals surface area contributed by atoms with Crippen LogP contribution in [0.5, 0.6) is 0 Å². The molecule has 0 saturated carbocycles. The fourth-order valence-corrected chi connectivity index (χ4v) is 1.34. The van der Waals surface area contributed by atoms with Crippen molar-refractivity contribution in [1.29, 1.82) is 5.26 Å². The van der Waals surface area contributed by atoms with Gasteiger partial charge in [-0.25, -0.2) is 0 Å². The lowest BCUT2D eigenvalue weighted by Gasteiger charge is -2.06. The zero-order valence-corrected chi connectivity index (χ0v) is 8.77. The van der Waals surface area contributed by atoms with E-state index in [4.69, 9.17) is 11.0 Å². The summed E-state index contributed by atoms with van der Waals surface area (Å²) in [7, 11) is 0. The zero-order valence-electron chi connectivity index (χ0n) is 8.77. The molecule has 1 aromatic heterocycles.